The first-order chi connectivity index (χ1) is 15.0. The summed E-state index contributed by atoms with van der Waals surface area (Å²) >= 11 is 5.17. The van der Waals surface area contributed by atoms with Crippen molar-refractivity contribution in [2.45, 2.75) is 104 Å². The molecular formula is C23H39N3O6S. The van der Waals surface area contributed by atoms with Crippen molar-refractivity contribution in [1.29, 1.82) is 0 Å². The Morgan fingerprint density at radius 2 is 1.76 bits per heavy atom. The average molecular weight is 486 g/mol. The molecule has 1 saturated heterocycles. The van der Waals surface area contributed by atoms with E-state index < -0.39 is 35.0 Å². The van der Waals surface area contributed by atoms with Crippen molar-refractivity contribution in [3.05, 3.63) is 12.2 Å². The van der Waals surface area contributed by atoms with Gasteiger partial charge < -0.3 is 14.2 Å². The molecule has 0 saturated carbocycles. The number of thiocarbonyl (C=S) groups is 1. The molecule has 0 spiro atoms. The maximum Gasteiger partial charge on any atom is 0.429 e. The molecule has 1 fully saturated rings. The molecule has 33 heavy (non-hydrogen) atoms. The number of hydrogen-bond donors (Lipinski definition) is 1. The van der Waals surface area contributed by atoms with Gasteiger partial charge in [-0.3, -0.25) is 9.69 Å². The van der Waals surface area contributed by atoms with Crippen LogP contribution in [0.2, 0.25) is 0 Å². The molecule has 1 aliphatic heterocycles. The highest BCUT2D eigenvalue weighted by Gasteiger charge is 2.41. The lowest BCUT2D eigenvalue weighted by molar-refractivity contribution is -0.124. The second kappa shape index (κ2) is 11.2. The van der Waals surface area contributed by atoms with Crippen LogP contribution in [0.4, 0.5) is 9.59 Å². The molecule has 1 atom stereocenters. The van der Waals surface area contributed by atoms with Gasteiger partial charge >= 0.3 is 12.2 Å². The number of rotatable bonds is 6. The van der Waals surface area contributed by atoms with E-state index in [9.17, 15) is 14.4 Å². The zero-order valence-electron chi connectivity index (χ0n) is 21.3. The number of unbranched alkanes of at least 4 members (excludes halogenated alkanes) is 1. The number of carbonyl (C=O) groups excluding carboxylic acids is 3. The Kier molecular flexibility index (Phi) is 9.71. The summed E-state index contributed by atoms with van der Waals surface area (Å²) in [5.41, 5.74) is 0.361. The predicted octanol–water partition coefficient (Wildman–Crippen LogP) is 4.70. The first-order valence-electron chi connectivity index (χ1n) is 11.2. The molecule has 0 aromatic carbocycles. The number of ether oxygens (including phenoxy) is 3. The molecule has 0 bridgehead atoms. The van der Waals surface area contributed by atoms with E-state index in [0.29, 0.717) is 13.0 Å². The lowest BCUT2D eigenvalue weighted by Gasteiger charge is -2.33. The number of hydrazine groups is 1. The van der Waals surface area contributed by atoms with Gasteiger partial charge in [0.25, 0.3) is 11.1 Å². The third-order valence-corrected chi connectivity index (χ3v) is 4.70. The number of nitrogens with zero attached hydrogens (tertiary/aromatic N) is 2. The van der Waals surface area contributed by atoms with Crippen LogP contribution < -0.4 is 5.43 Å². The van der Waals surface area contributed by atoms with Gasteiger partial charge in [-0.2, -0.15) is 0 Å². The zero-order chi connectivity index (χ0) is 25.6. The second-order valence-corrected chi connectivity index (χ2v) is 10.9. The van der Waals surface area contributed by atoms with E-state index in [-0.39, 0.29) is 11.1 Å². The van der Waals surface area contributed by atoms with E-state index in [1.165, 1.54) is 11.0 Å². The topological polar surface area (TPSA) is 97.4 Å². The van der Waals surface area contributed by atoms with Gasteiger partial charge in [0.05, 0.1) is 11.6 Å². The highest BCUT2D eigenvalue weighted by atomic mass is 32.1. The average Bonchev–Trinajstić information content (AvgIpc) is 2.89. The van der Waals surface area contributed by atoms with E-state index >= 15 is 0 Å². The maximum absolute atomic E-state index is 13.0. The monoisotopic (exact) mass is 485 g/mol. The fourth-order valence-corrected chi connectivity index (χ4v) is 3.37. The van der Waals surface area contributed by atoms with E-state index in [4.69, 9.17) is 26.4 Å². The summed E-state index contributed by atoms with van der Waals surface area (Å²) in [6.07, 6.45) is 3.43. The van der Waals surface area contributed by atoms with Gasteiger partial charge in [0.15, 0.2) is 0 Å². The van der Waals surface area contributed by atoms with Crippen LogP contribution in [0.1, 0.15) is 81.6 Å². The fourth-order valence-electron chi connectivity index (χ4n) is 2.97. The lowest BCUT2D eigenvalue weighted by Crippen LogP contribution is -2.54. The summed E-state index contributed by atoms with van der Waals surface area (Å²) in [7, 11) is 0. The summed E-state index contributed by atoms with van der Waals surface area (Å²) in [5.74, 6) is -0.370. The van der Waals surface area contributed by atoms with Crippen LogP contribution >= 0.6 is 12.2 Å². The minimum atomic E-state index is -0.801. The molecule has 3 amide bonds. The van der Waals surface area contributed by atoms with Crippen LogP contribution in [0, 0.1) is 0 Å². The summed E-state index contributed by atoms with van der Waals surface area (Å²) in [5, 5.41) is 1.18. The first-order valence-corrected chi connectivity index (χ1v) is 11.6. The van der Waals surface area contributed by atoms with Crippen LogP contribution in [0.15, 0.2) is 12.2 Å². The molecule has 0 unspecified atom stereocenters. The number of amides is 3. The van der Waals surface area contributed by atoms with Gasteiger partial charge in [-0.25, -0.2) is 20.0 Å². The molecule has 10 heteroatoms. The van der Waals surface area contributed by atoms with Gasteiger partial charge in [0.2, 0.25) is 0 Å². The van der Waals surface area contributed by atoms with Gasteiger partial charge in [-0.15, -0.1) is 0 Å². The quantitative estimate of drug-likeness (QED) is 0.331. The maximum atomic E-state index is 13.0. The van der Waals surface area contributed by atoms with Crippen molar-refractivity contribution in [2.75, 3.05) is 6.61 Å². The predicted molar refractivity (Wildman–Crippen MR) is 129 cm³/mol. The normalized spacial score (nSPS) is 16.9. The third-order valence-electron chi connectivity index (χ3n) is 4.40. The SMILES string of the molecule is CCCC[C@H](/C=C/C(=O)N1C(=S)OCC1(C)C)N(NC(=O)OC(C)(C)C)C(=O)OC(C)(C)C. The fraction of sp³-hybridized carbons (Fsp3) is 0.739. The van der Waals surface area contributed by atoms with Gasteiger partial charge in [-0.05, 0) is 74.0 Å². The van der Waals surface area contributed by atoms with Crippen LogP contribution in [0.5, 0.6) is 0 Å². The van der Waals surface area contributed by atoms with Crippen LogP contribution in [0.25, 0.3) is 0 Å². The molecule has 9 nitrogen and oxygen atoms in total. The molecular weight excluding hydrogens is 446 g/mol. The number of nitrogens with one attached hydrogen (secondary N) is 1. The highest BCUT2D eigenvalue weighted by Crippen LogP contribution is 2.24. The standard InChI is InChI=1S/C23H39N3O6S/c1-10-11-12-16(13-14-17(27)25-20(33)30-15-23(25,8)9)26(19(29)32-22(5,6)7)24-18(28)31-21(2,3)4/h13-14,16H,10-12,15H2,1-9H3,(H,24,28)/b14-13+/t16-/m1/s1. The molecule has 0 aromatic rings. The number of hydrogen-bond acceptors (Lipinski definition) is 7. The van der Waals surface area contributed by atoms with Crippen molar-refractivity contribution in [3.63, 3.8) is 0 Å². The molecule has 0 aliphatic carbocycles. The Labute approximate surface area is 202 Å². The first kappa shape index (κ1) is 28.7. The highest BCUT2D eigenvalue weighted by molar-refractivity contribution is 7.80. The van der Waals surface area contributed by atoms with Crippen molar-refractivity contribution in [3.8, 4) is 0 Å². The van der Waals surface area contributed by atoms with Gasteiger partial charge in [0.1, 0.15) is 17.8 Å². The molecule has 1 aliphatic rings. The summed E-state index contributed by atoms with van der Waals surface area (Å²) < 4.78 is 16.2. The minimum absolute atomic E-state index is 0.107. The summed E-state index contributed by atoms with van der Waals surface area (Å²) in [6.45, 7) is 16.4. The van der Waals surface area contributed by atoms with Crippen LogP contribution in [-0.4, -0.2) is 62.6 Å². The zero-order valence-corrected chi connectivity index (χ0v) is 22.1. The third kappa shape index (κ3) is 9.57. The number of carbonyl (C=O) groups is 3. The Morgan fingerprint density at radius 3 is 2.21 bits per heavy atom. The summed E-state index contributed by atoms with van der Waals surface area (Å²) in [4.78, 5) is 39.8. The van der Waals surface area contributed by atoms with Crippen LogP contribution in [-0.2, 0) is 19.0 Å². The Morgan fingerprint density at radius 1 is 1.18 bits per heavy atom. The Balaban J connectivity index is 3.22. The smallest absolute Gasteiger partial charge is 0.429 e. The molecule has 1 heterocycles. The minimum Gasteiger partial charge on any atom is -0.468 e. The largest absolute Gasteiger partial charge is 0.468 e. The lowest BCUT2D eigenvalue weighted by atomic mass is 10.1. The summed E-state index contributed by atoms with van der Waals surface area (Å²) in [6, 6.07) is -0.656. The van der Waals surface area contributed by atoms with E-state index in [1.54, 1.807) is 47.6 Å². The molecule has 1 rings (SSSR count). The van der Waals surface area contributed by atoms with Crippen LogP contribution in [0.3, 0.4) is 0 Å². The Hall–Kier alpha value is -2.36. The van der Waals surface area contributed by atoms with Crippen molar-refractivity contribution in [1.82, 2.24) is 15.3 Å². The van der Waals surface area contributed by atoms with E-state index in [1.807, 2.05) is 20.8 Å². The second-order valence-electron chi connectivity index (χ2n) is 10.6. The van der Waals surface area contributed by atoms with Gasteiger partial charge in [0, 0.05) is 6.08 Å². The molecule has 1 N–H and O–H groups in total. The van der Waals surface area contributed by atoms with Crippen molar-refractivity contribution in [2.24, 2.45) is 0 Å². The molecule has 0 radical (unpaired) electrons. The van der Waals surface area contributed by atoms with Gasteiger partial charge in [-0.1, -0.05) is 25.8 Å². The molecule has 0 aromatic heterocycles. The molecule has 188 valence electrons. The Bertz CT molecular complexity index is 767. The van der Waals surface area contributed by atoms with Crippen molar-refractivity contribution >= 4 is 35.5 Å². The van der Waals surface area contributed by atoms with E-state index in [0.717, 1.165) is 17.9 Å². The van der Waals surface area contributed by atoms with Crippen molar-refractivity contribution < 1.29 is 28.6 Å². The van der Waals surface area contributed by atoms with E-state index in [2.05, 4.69) is 5.43 Å².